The molecule has 4 aliphatic carbocycles. The van der Waals surface area contributed by atoms with Gasteiger partial charge in [0.15, 0.2) is 0 Å². The number of rotatable bonds is 0. The molecule has 0 aromatic carbocycles. The van der Waals surface area contributed by atoms with Crippen molar-refractivity contribution in [3.63, 3.8) is 0 Å². The summed E-state index contributed by atoms with van der Waals surface area (Å²) in [6.07, 6.45) is 10.7. The van der Waals surface area contributed by atoms with E-state index in [-0.39, 0.29) is 0 Å². The predicted octanol–water partition coefficient (Wildman–Crippen LogP) is 5.91. The number of fused-ring (bicyclic) bond motifs is 3. The average Bonchev–Trinajstić information content (AvgIpc) is 2.71. The Hall–Kier alpha value is 0. The van der Waals surface area contributed by atoms with Gasteiger partial charge in [0.1, 0.15) is 0 Å². The first-order valence-corrected chi connectivity index (χ1v) is 9.31. The Balaban J connectivity index is 1.83. The van der Waals surface area contributed by atoms with E-state index >= 15 is 0 Å². The number of hydrogen-bond donors (Lipinski definition) is 0. The highest BCUT2D eigenvalue weighted by Gasteiger charge is 2.70. The molecule has 0 nitrogen and oxygen atoms in total. The van der Waals surface area contributed by atoms with E-state index in [4.69, 9.17) is 0 Å². The summed E-state index contributed by atoms with van der Waals surface area (Å²) >= 11 is 0. The van der Waals surface area contributed by atoms with Crippen LogP contribution in [0.5, 0.6) is 0 Å². The third-order valence-corrected chi connectivity index (χ3v) is 8.96. The van der Waals surface area contributed by atoms with Gasteiger partial charge in [0, 0.05) is 0 Å². The number of hydrogen-bond acceptors (Lipinski definition) is 0. The van der Waals surface area contributed by atoms with Crippen LogP contribution in [0.3, 0.4) is 0 Å². The molecule has 2 bridgehead atoms. The lowest BCUT2D eigenvalue weighted by Gasteiger charge is -2.51. The van der Waals surface area contributed by atoms with E-state index in [1.807, 2.05) is 0 Å². The second kappa shape index (κ2) is 3.85. The lowest BCUT2D eigenvalue weighted by Crippen LogP contribution is -2.43. The molecule has 0 N–H and O–H groups in total. The Morgan fingerprint density at radius 3 is 2.40 bits per heavy atom. The minimum atomic E-state index is 0.583. The zero-order valence-corrected chi connectivity index (χ0v) is 14.3. The highest BCUT2D eigenvalue weighted by Crippen LogP contribution is 2.77. The summed E-state index contributed by atoms with van der Waals surface area (Å²) < 4.78 is 0. The molecule has 0 aromatic heterocycles. The van der Waals surface area contributed by atoms with Crippen LogP contribution in [0.25, 0.3) is 0 Å². The van der Waals surface area contributed by atoms with Crippen LogP contribution in [-0.2, 0) is 0 Å². The van der Waals surface area contributed by atoms with Crippen LogP contribution in [0.4, 0.5) is 0 Å². The first-order valence-electron chi connectivity index (χ1n) is 9.31. The molecule has 114 valence electrons. The van der Waals surface area contributed by atoms with E-state index in [9.17, 15) is 0 Å². The fourth-order valence-corrected chi connectivity index (χ4v) is 8.65. The molecule has 4 saturated carbocycles. The van der Waals surface area contributed by atoms with Crippen molar-refractivity contribution in [1.29, 1.82) is 0 Å². The minimum absolute atomic E-state index is 0.583. The van der Waals surface area contributed by atoms with Crippen LogP contribution < -0.4 is 0 Å². The van der Waals surface area contributed by atoms with E-state index in [1.165, 1.54) is 19.3 Å². The quantitative estimate of drug-likeness (QED) is 0.515. The Morgan fingerprint density at radius 2 is 1.65 bits per heavy atom. The predicted molar refractivity (Wildman–Crippen MR) is 85.4 cm³/mol. The zero-order valence-electron chi connectivity index (χ0n) is 14.3. The van der Waals surface area contributed by atoms with Gasteiger partial charge in [0.25, 0.3) is 0 Å². The molecule has 7 atom stereocenters. The van der Waals surface area contributed by atoms with E-state index in [0.29, 0.717) is 10.8 Å². The van der Waals surface area contributed by atoms with Crippen molar-refractivity contribution in [2.75, 3.05) is 0 Å². The van der Waals surface area contributed by atoms with Crippen LogP contribution in [-0.4, -0.2) is 0 Å². The first-order chi connectivity index (χ1) is 9.31. The Labute approximate surface area is 126 Å². The maximum Gasteiger partial charge on any atom is -0.0230 e. The third-order valence-electron chi connectivity index (χ3n) is 8.96. The van der Waals surface area contributed by atoms with Crippen molar-refractivity contribution >= 4 is 0 Å². The SMILES string of the molecule is C[C@H]1CC23CC1CC[C@H]2[C@]1(C)CCCC(C)(C)[C@H]1[C@@H]3C. The maximum absolute atomic E-state index is 2.71. The van der Waals surface area contributed by atoms with Crippen LogP contribution in [0.15, 0.2) is 0 Å². The van der Waals surface area contributed by atoms with E-state index in [1.54, 1.807) is 25.7 Å². The lowest BCUT2D eigenvalue weighted by molar-refractivity contribution is -0.0193. The average molecular weight is 274 g/mol. The fourth-order valence-electron chi connectivity index (χ4n) is 8.65. The molecule has 4 aliphatic rings. The molecule has 0 radical (unpaired) electrons. The summed E-state index contributed by atoms with van der Waals surface area (Å²) in [6, 6.07) is 0. The summed E-state index contributed by atoms with van der Waals surface area (Å²) in [5.74, 6) is 5.09. The highest BCUT2D eigenvalue weighted by atomic mass is 14.7. The molecule has 0 aliphatic heterocycles. The zero-order chi connectivity index (χ0) is 14.3. The molecule has 0 aromatic rings. The largest absolute Gasteiger partial charge is 0.0622 e. The van der Waals surface area contributed by atoms with Gasteiger partial charge in [-0.05, 0) is 84.4 Å². The van der Waals surface area contributed by atoms with Crippen LogP contribution in [0.1, 0.15) is 79.6 Å². The standard InChI is InChI=1S/C20H34/c1-13-11-20-12-15(13)7-8-16(20)19(5)10-6-9-18(3,4)17(19)14(20)2/h13-17H,6-12H2,1-5H3/t13-,14-,15?,16-,17+,19-,20?/m0/s1. The van der Waals surface area contributed by atoms with Gasteiger partial charge in [-0.25, -0.2) is 0 Å². The Kier molecular flexibility index (Phi) is 2.63. The third kappa shape index (κ3) is 1.40. The van der Waals surface area contributed by atoms with Gasteiger partial charge < -0.3 is 0 Å². The van der Waals surface area contributed by atoms with Gasteiger partial charge in [0.05, 0.1) is 0 Å². The molecule has 1 spiro atoms. The summed E-state index contributed by atoms with van der Waals surface area (Å²) in [7, 11) is 0. The van der Waals surface area contributed by atoms with Gasteiger partial charge >= 0.3 is 0 Å². The van der Waals surface area contributed by atoms with Crippen LogP contribution >= 0.6 is 0 Å². The van der Waals surface area contributed by atoms with E-state index in [2.05, 4.69) is 34.6 Å². The molecule has 4 rings (SSSR count). The summed E-state index contributed by atoms with van der Waals surface area (Å²) in [4.78, 5) is 0. The van der Waals surface area contributed by atoms with Gasteiger partial charge in [-0.3, -0.25) is 0 Å². The second-order valence-corrected chi connectivity index (χ2v) is 10.1. The van der Waals surface area contributed by atoms with Gasteiger partial charge in [0.2, 0.25) is 0 Å². The normalized spacial score (nSPS) is 60.1. The minimum Gasteiger partial charge on any atom is -0.0622 e. The summed E-state index contributed by atoms with van der Waals surface area (Å²) in [5, 5.41) is 0. The molecule has 0 heterocycles. The molecular formula is C20H34. The summed E-state index contributed by atoms with van der Waals surface area (Å²) in [5.41, 5.74) is 1.99. The molecular weight excluding hydrogens is 240 g/mol. The van der Waals surface area contributed by atoms with E-state index < -0.39 is 0 Å². The topological polar surface area (TPSA) is 0 Å². The van der Waals surface area contributed by atoms with Crippen molar-refractivity contribution in [2.24, 2.45) is 45.8 Å². The van der Waals surface area contributed by atoms with Gasteiger partial charge in [-0.2, -0.15) is 0 Å². The molecule has 0 saturated heterocycles. The smallest absolute Gasteiger partial charge is 0.0230 e. The Morgan fingerprint density at radius 1 is 0.900 bits per heavy atom. The van der Waals surface area contributed by atoms with Crippen molar-refractivity contribution in [1.82, 2.24) is 0 Å². The van der Waals surface area contributed by atoms with Crippen LogP contribution in [0.2, 0.25) is 0 Å². The van der Waals surface area contributed by atoms with Crippen molar-refractivity contribution < 1.29 is 0 Å². The van der Waals surface area contributed by atoms with Crippen molar-refractivity contribution in [2.45, 2.75) is 79.6 Å². The Bertz CT molecular complexity index is 418. The van der Waals surface area contributed by atoms with Crippen molar-refractivity contribution in [3.05, 3.63) is 0 Å². The van der Waals surface area contributed by atoms with Gasteiger partial charge in [-0.15, -0.1) is 0 Å². The second-order valence-electron chi connectivity index (χ2n) is 10.1. The highest BCUT2D eigenvalue weighted by molar-refractivity contribution is 5.18. The molecule has 4 fully saturated rings. The molecule has 0 heteroatoms. The molecule has 2 unspecified atom stereocenters. The summed E-state index contributed by atoms with van der Waals surface area (Å²) in [6.45, 7) is 13.1. The molecule has 20 heavy (non-hydrogen) atoms. The molecule has 0 amide bonds. The van der Waals surface area contributed by atoms with Crippen molar-refractivity contribution in [3.8, 4) is 0 Å². The maximum atomic E-state index is 2.71. The van der Waals surface area contributed by atoms with E-state index in [0.717, 1.165) is 35.0 Å². The van der Waals surface area contributed by atoms with Crippen LogP contribution in [0, 0.1) is 45.8 Å². The lowest BCUT2D eigenvalue weighted by atomic mass is 9.54. The fraction of sp³-hybridized carbons (Fsp3) is 1.00. The first kappa shape index (κ1) is 13.6. The van der Waals surface area contributed by atoms with Gasteiger partial charge in [-0.1, -0.05) is 41.0 Å². The monoisotopic (exact) mass is 274 g/mol.